The summed E-state index contributed by atoms with van der Waals surface area (Å²) in [6, 6.07) is 1.93. The van der Waals surface area contributed by atoms with Crippen molar-refractivity contribution in [3.63, 3.8) is 0 Å². The number of carbonyl (C=O) groups excluding carboxylic acids is 1. The second kappa shape index (κ2) is 7.20. The van der Waals surface area contributed by atoms with E-state index in [1.807, 2.05) is 6.92 Å². The highest BCUT2D eigenvalue weighted by atomic mass is 16.5. The molecule has 1 atom stereocenters. The number of rotatable bonds is 5. The quantitative estimate of drug-likeness (QED) is 0.532. The minimum absolute atomic E-state index is 0.161. The minimum atomic E-state index is -0.188. The van der Waals surface area contributed by atoms with Crippen molar-refractivity contribution in [1.29, 1.82) is 5.26 Å². The number of hydrogen-bond donors (Lipinski definition) is 1. The Labute approximate surface area is 96.4 Å². The molecule has 5 nitrogen and oxygen atoms in total. The Morgan fingerprint density at radius 1 is 1.69 bits per heavy atom. The van der Waals surface area contributed by atoms with Crippen LogP contribution >= 0.6 is 0 Å². The fourth-order valence-corrected chi connectivity index (χ4v) is 1.85. The van der Waals surface area contributed by atoms with E-state index in [1.165, 1.54) is 0 Å². The molecule has 5 heteroatoms. The third-order valence-electron chi connectivity index (χ3n) is 2.65. The lowest BCUT2D eigenvalue weighted by Gasteiger charge is -2.34. The number of hydrogen-bond acceptors (Lipinski definition) is 5. The number of nitriles is 1. The smallest absolute Gasteiger partial charge is 0.324 e. The number of ether oxygens (including phenoxy) is 1. The second-order valence-corrected chi connectivity index (χ2v) is 3.77. The summed E-state index contributed by atoms with van der Waals surface area (Å²) in [4.78, 5) is 13.8. The molecule has 0 aromatic heterocycles. The van der Waals surface area contributed by atoms with E-state index in [1.54, 1.807) is 0 Å². The van der Waals surface area contributed by atoms with Crippen molar-refractivity contribution in [3.05, 3.63) is 0 Å². The van der Waals surface area contributed by atoms with Gasteiger partial charge in [0.15, 0.2) is 0 Å². The van der Waals surface area contributed by atoms with Gasteiger partial charge in [-0.05, 0) is 13.3 Å². The van der Waals surface area contributed by atoms with Gasteiger partial charge in [-0.15, -0.1) is 0 Å². The molecule has 1 heterocycles. The lowest BCUT2D eigenvalue weighted by atomic mass is 10.1. The highest BCUT2D eigenvalue weighted by Gasteiger charge is 2.28. The molecule has 1 saturated heterocycles. The minimum Gasteiger partial charge on any atom is -0.465 e. The molecule has 90 valence electrons. The van der Waals surface area contributed by atoms with E-state index in [4.69, 9.17) is 10.00 Å². The summed E-state index contributed by atoms with van der Waals surface area (Å²) in [6.45, 7) is 5.40. The number of nitrogens with one attached hydrogen (secondary N) is 1. The summed E-state index contributed by atoms with van der Waals surface area (Å²) in [7, 11) is 0. The zero-order valence-corrected chi connectivity index (χ0v) is 9.74. The molecule has 1 N–H and O–H groups in total. The summed E-state index contributed by atoms with van der Waals surface area (Å²) in [6.07, 6.45) is 1.35. The van der Waals surface area contributed by atoms with Gasteiger partial charge in [-0.25, -0.2) is 0 Å². The van der Waals surface area contributed by atoms with Crippen molar-refractivity contribution < 1.29 is 9.53 Å². The van der Waals surface area contributed by atoms with Gasteiger partial charge in [-0.1, -0.05) is 0 Å². The van der Waals surface area contributed by atoms with Crippen molar-refractivity contribution in [2.24, 2.45) is 0 Å². The van der Waals surface area contributed by atoms with E-state index >= 15 is 0 Å². The molecule has 1 aliphatic rings. The van der Waals surface area contributed by atoms with Crippen LogP contribution in [0.3, 0.4) is 0 Å². The van der Waals surface area contributed by atoms with E-state index in [0.717, 1.165) is 26.1 Å². The van der Waals surface area contributed by atoms with Crippen LogP contribution < -0.4 is 5.32 Å². The fraction of sp³-hybridized carbons (Fsp3) is 0.818. The lowest BCUT2D eigenvalue weighted by molar-refractivity contribution is -0.150. The third kappa shape index (κ3) is 3.80. The van der Waals surface area contributed by atoms with Crippen molar-refractivity contribution in [3.8, 4) is 6.07 Å². The number of carbonyl (C=O) groups is 1. The van der Waals surface area contributed by atoms with Crippen LogP contribution in [0.15, 0.2) is 0 Å². The number of piperazine rings is 1. The van der Waals surface area contributed by atoms with Gasteiger partial charge in [0, 0.05) is 32.6 Å². The predicted octanol–water partition coefficient (Wildman–Crippen LogP) is 0.127. The number of unbranched alkanes of at least 4 members (excludes halogenated alkanes) is 1. The zero-order valence-electron chi connectivity index (χ0n) is 9.74. The Morgan fingerprint density at radius 2 is 2.50 bits per heavy atom. The maximum Gasteiger partial charge on any atom is 0.324 e. The van der Waals surface area contributed by atoms with Crippen molar-refractivity contribution in [2.75, 3.05) is 32.8 Å². The average Bonchev–Trinajstić information content (AvgIpc) is 2.30. The SMILES string of the molecule is CCOC(=O)C1CNCCN1CCCC#N. The normalized spacial score (nSPS) is 21.4. The van der Waals surface area contributed by atoms with E-state index < -0.39 is 0 Å². The van der Waals surface area contributed by atoms with Gasteiger partial charge in [-0.3, -0.25) is 9.69 Å². The number of esters is 1. The second-order valence-electron chi connectivity index (χ2n) is 3.77. The molecule has 0 aromatic carbocycles. The predicted molar refractivity (Wildman–Crippen MR) is 59.7 cm³/mol. The van der Waals surface area contributed by atoms with Gasteiger partial charge in [0.05, 0.1) is 12.7 Å². The standard InChI is InChI=1S/C11H19N3O2/c1-2-16-11(15)10-9-13-6-8-14(10)7-4-3-5-12/h10,13H,2-4,6-9H2,1H3. The van der Waals surface area contributed by atoms with Crippen LogP contribution in [0.5, 0.6) is 0 Å². The third-order valence-corrected chi connectivity index (χ3v) is 2.65. The fourth-order valence-electron chi connectivity index (χ4n) is 1.85. The topological polar surface area (TPSA) is 65.4 Å². The first kappa shape index (κ1) is 12.9. The molecular weight excluding hydrogens is 206 g/mol. The van der Waals surface area contributed by atoms with E-state index in [0.29, 0.717) is 19.6 Å². The van der Waals surface area contributed by atoms with Gasteiger partial charge < -0.3 is 10.1 Å². The molecule has 0 aliphatic carbocycles. The molecule has 1 unspecified atom stereocenters. The summed E-state index contributed by atoms with van der Waals surface area (Å²) >= 11 is 0. The maximum atomic E-state index is 11.7. The van der Waals surface area contributed by atoms with Gasteiger partial charge in [0.2, 0.25) is 0 Å². The van der Waals surface area contributed by atoms with Gasteiger partial charge in [0.1, 0.15) is 6.04 Å². The lowest BCUT2D eigenvalue weighted by Crippen LogP contribution is -2.55. The first-order chi connectivity index (χ1) is 7.79. The first-order valence-corrected chi connectivity index (χ1v) is 5.78. The van der Waals surface area contributed by atoms with Crippen molar-refractivity contribution in [1.82, 2.24) is 10.2 Å². The zero-order chi connectivity index (χ0) is 11.8. The molecule has 1 rings (SSSR count). The highest BCUT2D eigenvalue weighted by Crippen LogP contribution is 2.07. The summed E-state index contributed by atoms with van der Waals surface area (Å²) in [5.41, 5.74) is 0. The first-order valence-electron chi connectivity index (χ1n) is 5.78. The van der Waals surface area contributed by atoms with Crippen LogP contribution in [0.1, 0.15) is 19.8 Å². The van der Waals surface area contributed by atoms with Crippen LogP contribution in [0.2, 0.25) is 0 Å². The summed E-state index contributed by atoms with van der Waals surface area (Å²) in [5, 5.41) is 11.7. The van der Waals surface area contributed by atoms with Crippen LogP contribution in [0.4, 0.5) is 0 Å². The molecule has 0 aromatic rings. The Hall–Kier alpha value is -1.12. The van der Waals surface area contributed by atoms with Crippen LogP contribution in [0.25, 0.3) is 0 Å². The molecule has 0 saturated carbocycles. The molecular formula is C11H19N3O2. The monoisotopic (exact) mass is 225 g/mol. The van der Waals surface area contributed by atoms with Crippen LogP contribution in [0, 0.1) is 11.3 Å². The maximum absolute atomic E-state index is 11.7. The molecule has 0 radical (unpaired) electrons. The van der Waals surface area contributed by atoms with Gasteiger partial charge in [-0.2, -0.15) is 5.26 Å². The summed E-state index contributed by atoms with van der Waals surface area (Å²) in [5.74, 6) is -0.161. The van der Waals surface area contributed by atoms with Gasteiger partial charge in [0.25, 0.3) is 0 Å². The molecule has 16 heavy (non-hydrogen) atoms. The average molecular weight is 225 g/mol. The van der Waals surface area contributed by atoms with E-state index in [2.05, 4.69) is 16.3 Å². The summed E-state index contributed by atoms with van der Waals surface area (Å²) < 4.78 is 5.03. The molecule has 0 bridgehead atoms. The van der Waals surface area contributed by atoms with E-state index in [9.17, 15) is 4.79 Å². The number of nitrogens with zero attached hydrogens (tertiary/aromatic N) is 2. The van der Waals surface area contributed by atoms with Gasteiger partial charge >= 0.3 is 5.97 Å². The largest absolute Gasteiger partial charge is 0.465 e. The Kier molecular flexibility index (Phi) is 5.83. The highest BCUT2D eigenvalue weighted by molar-refractivity contribution is 5.76. The van der Waals surface area contributed by atoms with E-state index in [-0.39, 0.29) is 12.0 Å². The van der Waals surface area contributed by atoms with Crippen molar-refractivity contribution >= 4 is 5.97 Å². The van der Waals surface area contributed by atoms with Crippen LogP contribution in [-0.2, 0) is 9.53 Å². The Morgan fingerprint density at radius 3 is 3.19 bits per heavy atom. The van der Waals surface area contributed by atoms with Crippen molar-refractivity contribution in [2.45, 2.75) is 25.8 Å². The van der Waals surface area contributed by atoms with Crippen LogP contribution in [-0.4, -0.2) is 49.7 Å². The molecule has 0 amide bonds. The Balaban J connectivity index is 2.43. The molecule has 1 aliphatic heterocycles. The molecule has 1 fully saturated rings. The Bertz CT molecular complexity index is 262. The molecule has 0 spiro atoms.